The van der Waals surface area contributed by atoms with Crippen LogP contribution in [0.1, 0.15) is 57.6 Å². The SMILES string of the molecule is CC(C)C(NC(=O)CCN1C(=O)C=CC1=O)C(=O)NC(CCCNC(N)=O)C(=O)Nc1ccc(COC(=O)N(C)CCOC(=O)Nc2ncnc3c2ncn3C2OC(COP(=O)(O)O)C(O[P+](=O)OC3CC(F)C(n4cnc5c(N)ncnc54)O3)C2F)cc1. The minimum Gasteiger partial charge on any atom is -0.447 e. The first kappa shape index (κ1) is 66.1. The van der Waals surface area contributed by atoms with E-state index >= 15 is 8.78 Å². The second-order valence-corrected chi connectivity index (χ2v) is 22.3. The van der Waals surface area contributed by atoms with Crippen molar-refractivity contribution in [3.05, 3.63) is 67.3 Å². The van der Waals surface area contributed by atoms with Gasteiger partial charge in [-0.2, -0.15) is 0 Å². The van der Waals surface area contributed by atoms with Crippen molar-refractivity contribution in [2.45, 2.75) is 102 Å². The Morgan fingerprint density at radius 3 is 2.24 bits per heavy atom. The summed E-state index contributed by atoms with van der Waals surface area (Å²) in [5.41, 5.74) is 11.8. The zero-order valence-corrected chi connectivity index (χ0v) is 49.0. The number of ether oxygens (including phenoxy) is 4. The van der Waals surface area contributed by atoms with Gasteiger partial charge < -0.3 is 66.4 Å². The van der Waals surface area contributed by atoms with Crippen molar-refractivity contribution in [1.29, 1.82) is 0 Å². The average Bonchev–Trinajstić information content (AvgIpc) is 1.85. The number of nitrogen functional groups attached to an aromatic ring is 1. The van der Waals surface area contributed by atoms with Gasteiger partial charge in [-0.3, -0.25) is 47.8 Å². The molecule has 0 radical (unpaired) electrons. The highest BCUT2D eigenvalue weighted by molar-refractivity contribution is 7.46. The minimum atomic E-state index is -5.19. The number of nitrogens with two attached hydrogens (primary N) is 2. The number of benzene rings is 1. The molecule has 7 heterocycles. The number of nitrogens with zero attached hydrogens (tertiary/aromatic N) is 10. The first-order valence-corrected chi connectivity index (χ1v) is 29.5. The molecule has 10 atom stereocenters. The van der Waals surface area contributed by atoms with E-state index in [-0.39, 0.29) is 91.8 Å². The van der Waals surface area contributed by atoms with Crippen molar-refractivity contribution in [3.63, 3.8) is 0 Å². The van der Waals surface area contributed by atoms with Gasteiger partial charge in [0, 0.05) is 55.4 Å². The highest BCUT2D eigenvalue weighted by atomic mass is 31.2. The molecule has 40 heteroatoms. The maximum absolute atomic E-state index is 16.5. The third-order valence-electron chi connectivity index (χ3n) is 13.5. The molecule has 11 N–H and O–H groups in total. The number of amides is 9. The summed E-state index contributed by atoms with van der Waals surface area (Å²) in [5.74, 6) is -3.78. The van der Waals surface area contributed by atoms with Crippen LogP contribution in [0.25, 0.3) is 22.3 Å². The van der Waals surface area contributed by atoms with Crippen molar-refractivity contribution in [2.24, 2.45) is 11.7 Å². The van der Waals surface area contributed by atoms with Gasteiger partial charge in [0.2, 0.25) is 24.0 Å². The molecule has 3 aliphatic heterocycles. The summed E-state index contributed by atoms with van der Waals surface area (Å²) in [6.07, 6.45) is -8.19. The first-order valence-electron chi connectivity index (χ1n) is 26.9. The molecule has 0 aliphatic carbocycles. The summed E-state index contributed by atoms with van der Waals surface area (Å²) in [7, 11) is -7.19. The summed E-state index contributed by atoms with van der Waals surface area (Å²) in [6.45, 7) is 1.43. The number of likely N-dealkylation sites (N-methyl/N-ethyl adjacent to an activating group) is 1. The molecule has 2 fully saturated rings. The maximum Gasteiger partial charge on any atom is 0.700 e. The third kappa shape index (κ3) is 17.3. The number of carbonyl (C=O) groups excluding carboxylic acids is 8. The molecule has 10 unspecified atom stereocenters. The number of phosphoric acid groups is 1. The Bertz CT molecular complexity index is 3530. The normalized spacial score (nSPS) is 20.8. The van der Waals surface area contributed by atoms with Gasteiger partial charge in [-0.15, -0.1) is 4.52 Å². The zero-order chi connectivity index (χ0) is 64.3. The smallest absolute Gasteiger partial charge is 0.447 e. The van der Waals surface area contributed by atoms with E-state index in [9.17, 15) is 57.3 Å². The van der Waals surface area contributed by atoms with E-state index in [4.69, 9.17) is 39.5 Å². The Labute approximate surface area is 502 Å². The third-order valence-corrected chi connectivity index (χ3v) is 14.8. The fourth-order valence-electron chi connectivity index (χ4n) is 9.02. The van der Waals surface area contributed by atoms with Gasteiger partial charge >= 0.3 is 34.3 Å². The minimum absolute atomic E-state index is 0.0228. The van der Waals surface area contributed by atoms with Crippen LogP contribution < -0.4 is 38.1 Å². The maximum atomic E-state index is 16.5. The Morgan fingerprint density at radius 2 is 1.55 bits per heavy atom. The number of carbonyl (C=O) groups is 8. The van der Waals surface area contributed by atoms with Gasteiger partial charge in [0.1, 0.15) is 49.6 Å². The predicted octanol–water partition coefficient (Wildman–Crippen LogP) is 1.38. The van der Waals surface area contributed by atoms with Gasteiger partial charge in [-0.1, -0.05) is 30.5 Å². The lowest BCUT2D eigenvalue weighted by molar-refractivity contribution is -0.137. The number of alkyl halides is 2. The van der Waals surface area contributed by atoms with Gasteiger partial charge in [-0.05, 0) is 36.5 Å². The number of phosphoric ester groups is 1. The molecule has 8 rings (SSSR count). The van der Waals surface area contributed by atoms with Crippen molar-refractivity contribution >= 4 is 103 Å². The highest BCUT2D eigenvalue weighted by Gasteiger charge is 2.54. The van der Waals surface area contributed by atoms with Crippen LogP contribution in [0, 0.1) is 5.92 Å². The number of imide groups is 1. The van der Waals surface area contributed by atoms with E-state index in [0.717, 1.165) is 45.5 Å². The van der Waals surface area contributed by atoms with Crippen molar-refractivity contribution in [2.75, 3.05) is 56.3 Å². The highest BCUT2D eigenvalue weighted by Crippen LogP contribution is 2.45. The van der Waals surface area contributed by atoms with Gasteiger partial charge in [0.25, 0.3) is 11.8 Å². The lowest BCUT2D eigenvalue weighted by Crippen LogP contribution is -2.54. The number of hydrogen-bond donors (Lipinski definition) is 9. The lowest BCUT2D eigenvalue weighted by Gasteiger charge is -2.25. The van der Waals surface area contributed by atoms with Crippen LogP contribution in [0.5, 0.6) is 0 Å². The Kier molecular flexibility index (Phi) is 21.8. The van der Waals surface area contributed by atoms with Crippen LogP contribution >= 0.6 is 16.1 Å². The molecule has 36 nitrogen and oxygen atoms in total. The summed E-state index contributed by atoms with van der Waals surface area (Å²) >= 11 is 0. The molecule has 2 saturated heterocycles. The van der Waals surface area contributed by atoms with E-state index in [1.54, 1.807) is 26.0 Å². The largest absolute Gasteiger partial charge is 0.700 e. The second kappa shape index (κ2) is 29.4. The molecule has 3 aliphatic rings. The number of primary amides is 1. The van der Waals surface area contributed by atoms with Gasteiger partial charge in [0.15, 0.2) is 59.3 Å². The van der Waals surface area contributed by atoms with E-state index in [0.29, 0.717) is 5.56 Å². The number of anilines is 3. The van der Waals surface area contributed by atoms with Crippen LogP contribution in [0.4, 0.5) is 40.5 Å². The topological polar surface area (TPSA) is 482 Å². The van der Waals surface area contributed by atoms with Crippen LogP contribution in [0.15, 0.2) is 61.7 Å². The van der Waals surface area contributed by atoms with Gasteiger partial charge in [-0.25, -0.2) is 57.6 Å². The summed E-state index contributed by atoms with van der Waals surface area (Å²) in [6, 6.07) is 3.04. The number of fused-ring (bicyclic) bond motifs is 2. The molecule has 0 spiro atoms. The Hall–Kier alpha value is -8.87. The monoisotopic (exact) mass is 1290 g/mol. The molecule has 89 heavy (non-hydrogen) atoms. The van der Waals surface area contributed by atoms with Crippen LogP contribution in [0.3, 0.4) is 0 Å². The molecular weight excluding hydrogens is 1230 g/mol. The molecule has 4 aromatic heterocycles. The average molecular weight is 1290 g/mol. The quantitative estimate of drug-likeness (QED) is 0.0194. The van der Waals surface area contributed by atoms with Crippen molar-refractivity contribution in [1.82, 2.24) is 64.8 Å². The zero-order valence-electron chi connectivity index (χ0n) is 47.2. The van der Waals surface area contributed by atoms with Crippen molar-refractivity contribution in [3.8, 4) is 0 Å². The summed E-state index contributed by atoms with van der Waals surface area (Å²) in [4.78, 5) is 146. The standard InChI is InChI=1S/C49H59F2N17O19P2/c1-24(2)35(63-30(69)12-14-66-31(70)10-11-32(66)71)44(73)62-28(5-4-13-54-47(53)74)43(72)61-26-8-6-25(7-9-26)18-82-49(76)65(3)15-16-81-48(75)64-40-37-42(58-21-56-40)68(23-60-37)46-34(51)38(29(84-46)19-83-89(78,79)80)87-88(77)86-33-17-27(50)45(85-33)67-22-59-36-39(52)55-20-57-41(36)67/h6-11,20-24,27-29,33-35,38,45-46H,4-5,12-19H2,1-3H3,(H10-,52,53,54,55,56,57,58,61,62,63,64,69,72,73,74,75,78,79,80)/p+1. The Balaban J connectivity index is 0.794. The van der Waals surface area contributed by atoms with Crippen LogP contribution in [0.2, 0.25) is 0 Å². The fourth-order valence-corrected chi connectivity index (χ4v) is 10.2. The molecule has 5 aromatic rings. The number of nitrogens with one attached hydrogen (secondary N) is 5. The summed E-state index contributed by atoms with van der Waals surface area (Å²) < 4.78 is 96.1. The number of rotatable bonds is 28. The molecule has 0 bridgehead atoms. The number of urea groups is 1. The number of halogens is 2. The van der Waals surface area contributed by atoms with E-state index < -0.39 is 138 Å². The van der Waals surface area contributed by atoms with Gasteiger partial charge in [0.05, 0.1) is 25.8 Å². The molecule has 0 saturated carbocycles. The van der Waals surface area contributed by atoms with Crippen LogP contribution in [-0.2, 0) is 72.2 Å². The molecular formula is C49H60F2N17O19P2+. The fraction of sp³-hybridized carbons (Fsp3) is 0.469. The number of hydrogen-bond acceptors (Lipinski definition) is 24. The Morgan fingerprint density at radius 1 is 0.876 bits per heavy atom. The number of aromatic nitrogens is 8. The number of imidazole rings is 2. The first-order chi connectivity index (χ1) is 42.3. The second-order valence-electron chi connectivity index (χ2n) is 20.2. The van der Waals surface area contributed by atoms with E-state index in [1.807, 2.05) is 0 Å². The van der Waals surface area contributed by atoms with Crippen molar-refractivity contribution < 1.29 is 98.6 Å². The van der Waals surface area contributed by atoms with E-state index in [2.05, 4.69) is 61.0 Å². The van der Waals surface area contributed by atoms with E-state index in [1.165, 1.54) is 30.1 Å². The van der Waals surface area contributed by atoms with Crippen LogP contribution in [-0.4, -0.2) is 189 Å². The molecule has 478 valence electrons. The lowest BCUT2D eigenvalue weighted by atomic mass is 10.0. The summed E-state index contributed by atoms with van der Waals surface area (Å²) in [5, 5.41) is 12.7. The molecule has 9 amide bonds. The molecule has 1 aromatic carbocycles. The predicted molar refractivity (Wildman–Crippen MR) is 298 cm³/mol.